The maximum Gasteiger partial charge on any atom is 0.237 e. The molecule has 0 aromatic rings. The van der Waals surface area contributed by atoms with Crippen molar-refractivity contribution in [1.82, 2.24) is 10.6 Å². The summed E-state index contributed by atoms with van der Waals surface area (Å²) in [5.41, 5.74) is 0. The molecule has 1 saturated carbocycles. The predicted molar refractivity (Wildman–Crippen MR) is 48.9 cm³/mol. The van der Waals surface area contributed by atoms with E-state index in [0.717, 1.165) is 25.8 Å². The highest BCUT2D eigenvalue weighted by Crippen LogP contribution is 2.18. The van der Waals surface area contributed by atoms with Gasteiger partial charge in [-0.3, -0.25) is 4.79 Å². The number of carbonyl (C=O) groups is 1. The van der Waals surface area contributed by atoms with Crippen LogP contribution >= 0.6 is 0 Å². The molecule has 0 bridgehead atoms. The van der Waals surface area contributed by atoms with Crippen LogP contribution in [0.15, 0.2) is 0 Å². The normalized spacial score (nSPS) is 18.8. The highest BCUT2D eigenvalue weighted by molar-refractivity contribution is 5.81. The molecule has 1 amide bonds. The van der Waals surface area contributed by atoms with E-state index in [4.69, 9.17) is 0 Å². The molecule has 1 fully saturated rings. The van der Waals surface area contributed by atoms with Crippen LogP contribution < -0.4 is 10.6 Å². The minimum absolute atomic E-state index is 0.0365. The topological polar surface area (TPSA) is 41.1 Å². The fraction of sp³-hybridized carbons (Fsp3) is 0.889. The fourth-order valence-electron chi connectivity index (χ4n) is 1.01. The Balaban J connectivity index is 2.11. The molecule has 0 radical (unpaired) electrons. The number of carbonyl (C=O) groups excluding carboxylic acids is 1. The molecule has 12 heavy (non-hydrogen) atoms. The first-order valence-electron chi connectivity index (χ1n) is 4.77. The van der Waals surface area contributed by atoms with Crippen molar-refractivity contribution in [2.45, 2.75) is 45.2 Å². The Morgan fingerprint density at radius 1 is 1.58 bits per heavy atom. The van der Waals surface area contributed by atoms with Crippen LogP contribution in [0.2, 0.25) is 0 Å². The minimum atomic E-state index is -0.0365. The number of hydrogen-bond donors (Lipinski definition) is 2. The van der Waals surface area contributed by atoms with Crippen LogP contribution in [0.1, 0.15) is 33.1 Å². The third-order valence-corrected chi connectivity index (χ3v) is 2.02. The lowest BCUT2D eigenvalue weighted by molar-refractivity contribution is -0.122. The van der Waals surface area contributed by atoms with Gasteiger partial charge in [-0.25, -0.2) is 0 Å². The summed E-state index contributed by atoms with van der Waals surface area (Å²) in [4.78, 5) is 11.3. The van der Waals surface area contributed by atoms with Gasteiger partial charge in [-0.15, -0.1) is 0 Å². The van der Waals surface area contributed by atoms with Crippen molar-refractivity contribution in [2.75, 3.05) is 6.54 Å². The average Bonchev–Trinajstić information content (AvgIpc) is 2.83. The Labute approximate surface area is 73.9 Å². The first-order valence-corrected chi connectivity index (χ1v) is 4.77. The smallest absolute Gasteiger partial charge is 0.237 e. The number of rotatable bonds is 5. The van der Waals surface area contributed by atoms with Crippen LogP contribution in [0, 0.1) is 0 Å². The average molecular weight is 170 g/mol. The molecule has 0 heterocycles. The van der Waals surface area contributed by atoms with Crippen LogP contribution in [0.3, 0.4) is 0 Å². The van der Waals surface area contributed by atoms with E-state index >= 15 is 0 Å². The van der Waals surface area contributed by atoms with E-state index in [0.29, 0.717) is 6.04 Å². The van der Waals surface area contributed by atoms with Crippen molar-refractivity contribution < 1.29 is 4.79 Å². The van der Waals surface area contributed by atoms with Crippen LogP contribution in [-0.4, -0.2) is 24.5 Å². The van der Waals surface area contributed by atoms with Crippen LogP contribution in [0.5, 0.6) is 0 Å². The van der Waals surface area contributed by atoms with Crippen LogP contribution in [0.4, 0.5) is 0 Å². The van der Waals surface area contributed by atoms with E-state index in [1.54, 1.807) is 0 Å². The molecule has 1 rings (SSSR count). The highest BCUT2D eigenvalue weighted by Gasteiger charge is 2.25. The molecule has 70 valence electrons. The lowest BCUT2D eigenvalue weighted by atomic mass is 10.3. The fourth-order valence-corrected chi connectivity index (χ4v) is 1.01. The summed E-state index contributed by atoms with van der Waals surface area (Å²) in [6.45, 7) is 4.92. The lowest BCUT2D eigenvalue weighted by Crippen LogP contribution is -2.43. The molecule has 0 aliphatic heterocycles. The molecule has 1 unspecified atom stereocenters. The molecule has 0 spiro atoms. The summed E-state index contributed by atoms with van der Waals surface area (Å²) in [6, 6.07) is 0.439. The van der Waals surface area contributed by atoms with Gasteiger partial charge in [-0.05, 0) is 32.7 Å². The van der Waals surface area contributed by atoms with E-state index in [9.17, 15) is 4.79 Å². The zero-order chi connectivity index (χ0) is 8.97. The third kappa shape index (κ3) is 3.22. The summed E-state index contributed by atoms with van der Waals surface area (Å²) in [6.07, 6.45) is 3.39. The summed E-state index contributed by atoms with van der Waals surface area (Å²) in [5, 5.41) is 6.11. The predicted octanol–water partition coefficient (Wildman–Crippen LogP) is 0.653. The molecule has 3 heteroatoms. The van der Waals surface area contributed by atoms with Gasteiger partial charge in [0.25, 0.3) is 0 Å². The minimum Gasteiger partial charge on any atom is -0.352 e. The summed E-state index contributed by atoms with van der Waals surface area (Å²) < 4.78 is 0. The van der Waals surface area contributed by atoms with Gasteiger partial charge in [0.15, 0.2) is 0 Å². The quantitative estimate of drug-likeness (QED) is 0.636. The molecular formula is C9H18N2O. The molecule has 0 aromatic heterocycles. The van der Waals surface area contributed by atoms with Crippen LogP contribution in [-0.2, 0) is 4.79 Å². The molecular weight excluding hydrogens is 152 g/mol. The van der Waals surface area contributed by atoms with Gasteiger partial charge >= 0.3 is 0 Å². The SMILES string of the molecule is CCCNC(C)C(=O)NC1CC1. The third-order valence-electron chi connectivity index (χ3n) is 2.02. The van der Waals surface area contributed by atoms with E-state index < -0.39 is 0 Å². The van der Waals surface area contributed by atoms with Crippen molar-refractivity contribution in [3.63, 3.8) is 0 Å². The second-order valence-electron chi connectivity index (χ2n) is 3.46. The first-order chi connectivity index (χ1) is 5.74. The summed E-state index contributed by atoms with van der Waals surface area (Å²) in [7, 11) is 0. The van der Waals surface area contributed by atoms with Crippen molar-refractivity contribution in [3.8, 4) is 0 Å². The second-order valence-corrected chi connectivity index (χ2v) is 3.46. The summed E-state index contributed by atoms with van der Waals surface area (Å²) in [5.74, 6) is 0.144. The Morgan fingerprint density at radius 2 is 2.25 bits per heavy atom. The molecule has 0 saturated heterocycles. The zero-order valence-corrected chi connectivity index (χ0v) is 7.89. The van der Waals surface area contributed by atoms with Crippen LogP contribution in [0.25, 0.3) is 0 Å². The van der Waals surface area contributed by atoms with Gasteiger partial charge in [0.05, 0.1) is 6.04 Å². The summed E-state index contributed by atoms with van der Waals surface area (Å²) >= 11 is 0. The standard InChI is InChI=1S/C9H18N2O/c1-3-6-10-7(2)9(12)11-8-4-5-8/h7-8,10H,3-6H2,1-2H3,(H,11,12). The largest absolute Gasteiger partial charge is 0.352 e. The van der Waals surface area contributed by atoms with Gasteiger partial charge in [0.2, 0.25) is 5.91 Å². The van der Waals surface area contributed by atoms with Gasteiger partial charge in [-0.2, -0.15) is 0 Å². The van der Waals surface area contributed by atoms with E-state index in [2.05, 4.69) is 17.6 Å². The van der Waals surface area contributed by atoms with Gasteiger partial charge in [0, 0.05) is 6.04 Å². The maximum absolute atomic E-state index is 11.3. The number of amides is 1. The first kappa shape index (κ1) is 9.52. The molecule has 0 aromatic carbocycles. The molecule has 3 nitrogen and oxygen atoms in total. The monoisotopic (exact) mass is 170 g/mol. The van der Waals surface area contributed by atoms with Crippen molar-refractivity contribution in [1.29, 1.82) is 0 Å². The number of hydrogen-bond acceptors (Lipinski definition) is 2. The molecule has 1 aliphatic carbocycles. The number of nitrogens with one attached hydrogen (secondary N) is 2. The maximum atomic E-state index is 11.3. The van der Waals surface area contributed by atoms with Crippen molar-refractivity contribution >= 4 is 5.91 Å². The second kappa shape index (κ2) is 4.45. The molecule has 1 atom stereocenters. The van der Waals surface area contributed by atoms with Gasteiger partial charge in [-0.1, -0.05) is 6.92 Å². The Bertz CT molecular complexity index is 155. The molecule has 1 aliphatic rings. The Morgan fingerprint density at radius 3 is 2.75 bits per heavy atom. The Hall–Kier alpha value is -0.570. The van der Waals surface area contributed by atoms with Gasteiger partial charge in [0.1, 0.15) is 0 Å². The lowest BCUT2D eigenvalue weighted by Gasteiger charge is -2.12. The van der Waals surface area contributed by atoms with E-state index in [1.807, 2.05) is 6.92 Å². The van der Waals surface area contributed by atoms with Gasteiger partial charge < -0.3 is 10.6 Å². The molecule has 2 N–H and O–H groups in total. The van der Waals surface area contributed by atoms with E-state index in [1.165, 1.54) is 0 Å². The highest BCUT2D eigenvalue weighted by atomic mass is 16.2. The van der Waals surface area contributed by atoms with Crippen molar-refractivity contribution in [2.24, 2.45) is 0 Å². The van der Waals surface area contributed by atoms with E-state index in [-0.39, 0.29) is 11.9 Å². The zero-order valence-electron chi connectivity index (χ0n) is 7.89. The Kier molecular flexibility index (Phi) is 3.53. The van der Waals surface area contributed by atoms with Crippen molar-refractivity contribution in [3.05, 3.63) is 0 Å².